The molecule has 0 atom stereocenters. The first kappa shape index (κ1) is 21.5. The summed E-state index contributed by atoms with van der Waals surface area (Å²) >= 11 is 0. The molecule has 1 amide bonds. The Labute approximate surface area is 186 Å². The summed E-state index contributed by atoms with van der Waals surface area (Å²) < 4.78 is 11.2. The zero-order valence-electron chi connectivity index (χ0n) is 18.2. The van der Waals surface area contributed by atoms with Crippen LogP contribution in [0.25, 0.3) is 22.8 Å². The third-order valence-corrected chi connectivity index (χ3v) is 5.40. The van der Waals surface area contributed by atoms with Crippen LogP contribution in [0.15, 0.2) is 40.9 Å². The lowest BCUT2D eigenvalue weighted by atomic mass is 9.97. The Kier molecular flexibility index (Phi) is 6.19. The van der Waals surface area contributed by atoms with Crippen LogP contribution in [0.3, 0.4) is 0 Å². The van der Waals surface area contributed by atoms with E-state index in [2.05, 4.69) is 27.2 Å². The van der Waals surface area contributed by atoms with E-state index < -0.39 is 0 Å². The quantitative estimate of drug-likeness (QED) is 0.637. The highest BCUT2D eigenvalue weighted by Gasteiger charge is 2.21. The fourth-order valence-electron chi connectivity index (χ4n) is 3.97. The topological polar surface area (TPSA) is 118 Å². The number of benzene rings is 2. The van der Waals surface area contributed by atoms with E-state index in [0.717, 1.165) is 37.1 Å². The Morgan fingerprint density at radius 3 is 2.84 bits per heavy atom. The van der Waals surface area contributed by atoms with Gasteiger partial charge in [0.2, 0.25) is 11.7 Å². The van der Waals surface area contributed by atoms with Crippen molar-refractivity contribution in [3.05, 3.63) is 53.1 Å². The Balaban J connectivity index is 1.62. The number of nitrogens with zero attached hydrogens (tertiary/aromatic N) is 4. The van der Waals surface area contributed by atoms with E-state index in [-0.39, 0.29) is 18.6 Å². The van der Waals surface area contributed by atoms with Gasteiger partial charge >= 0.3 is 0 Å². The first-order chi connectivity index (χ1) is 15.4. The third kappa shape index (κ3) is 4.63. The van der Waals surface area contributed by atoms with E-state index in [1.807, 2.05) is 32.0 Å². The first-order valence-corrected chi connectivity index (χ1v) is 10.6. The highest BCUT2D eigenvalue weighted by Crippen LogP contribution is 2.31. The van der Waals surface area contributed by atoms with Crippen molar-refractivity contribution < 1.29 is 14.1 Å². The van der Waals surface area contributed by atoms with Gasteiger partial charge in [0, 0.05) is 24.2 Å². The number of nitriles is 1. The summed E-state index contributed by atoms with van der Waals surface area (Å²) in [4.78, 5) is 18.0. The molecule has 0 spiro atoms. The minimum atomic E-state index is -0.319. The summed E-state index contributed by atoms with van der Waals surface area (Å²) in [6.45, 7) is 5.59. The molecular formula is C24H25N5O3. The van der Waals surface area contributed by atoms with Crippen LogP contribution in [0.1, 0.15) is 30.5 Å². The highest BCUT2D eigenvalue weighted by molar-refractivity contribution is 5.76. The van der Waals surface area contributed by atoms with Gasteiger partial charge in [0.1, 0.15) is 11.8 Å². The van der Waals surface area contributed by atoms with Crippen molar-refractivity contribution in [2.24, 2.45) is 5.73 Å². The van der Waals surface area contributed by atoms with Gasteiger partial charge in [0.25, 0.3) is 5.89 Å². The number of aromatic nitrogens is 2. The summed E-state index contributed by atoms with van der Waals surface area (Å²) in [5.74, 6) is 1.05. The van der Waals surface area contributed by atoms with E-state index in [0.29, 0.717) is 28.6 Å². The number of nitrogens with two attached hydrogens (primary N) is 1. The number of hydrogen-bond acceptors (Lipinski definition) is 7. The largest absolute Gasteiger partial charge is 0.490 e. The molecule has 3 aromatic rings. The summed E-state index contributed by atoms with van der Waals surface area (Å²) in [5, 5.41) is 13.7. The fourth-order valence-corrected chi connectivity index (χ4v) is 3.97. The normalized spacial score (nSPS) is 13.9. The van der Waals surface area contributed by atoms with Crippen LogP contribution in [-0.4, -0.2) is 46.7 Å². The van der Waals surface area contributed by atoms with Crippen LogP contribution in [0.2, 0.25) is 0 Å². The zero-order chi connectivity index (χ0) is 22.7. The van der Waals surface area contributed by atoms with Gasteiger partial charge in [0.15, 0.2) is 0 Å². The van der Waals surface area contributed by atoms with Gasteiger partial charge in [-0.15, -0.1) is 0 Å². The zero-order valence-corrected chi connectivity index (χ0v) is 18.2. The highest BCUT2D eigenvalue weighted by atomic mass is 16.5. The number of ether oxygens (including phenoxy) is 1. The second kappa shape index (κ2) is 9.20. The lowest BCUT2D eigenvalue weighted by Crippen LogP contribution is -2.35. The fraction of sp³-hybridized carbons (Fsp3) is 0.333. The minimum absolute atomic E-state index is 0.0322. The van der Waals surface area contributed by atoms with Crippen LogP contribution >= 0.6 is 0 Å². The van der Waals surface area contributed by atoms with Gasteiger partial charge in [-0.3, -0.25) is 9.69 Å². The summed E-state index contributed by atoms with van der Waals surface area (Å²) in [6.07, 6.45) is 1.56. The lowest BCUT2D eigenvalue weighted by molar-refractivity contribution is -0.119. The second-order valence-corrected chi connectivity index (χ2v) is 8.10. The molecule has 0 radical (unpaired) electrons. The molecular weight excluding hydrogens is 406 g/mol. The van der Waals surface area contributed by atoms with Crippen molar-refractivity contribution in [3.63, 3.8) is 0 Å². The van der Waals surface area contributed by atoms with Gasteiger partial charge in [-0.1, -0.05) is 23.4 Å². The number of rotatable bonds is 6. The average molecular weight is 431 g/mol. The molecule has 8 heteroatoms. The number of hydrogen-bond donors (Lipinski definition) is 1. The molecule has 1 aliphatic rings. The van der Waals surface area contributed by atoms with E-state index in [1.165, 1.54) is 5.56 Å². The summed E-state index contributed by atoms with van der Waals surface area (Å²) in [5.41, 5.74) is 9.73. The Hall–Kier alpha value is -3.70. The number of amides is 1. The van der Waals surface area contributed by atoms with Gasteiger partial charge in [-0.05, 0) is 56.0 Å². The first-order valence-electron chi connectivity index (χ1n) is 10.6. The minimum Gasteiger partial charge on any atom is -0.490 e. The summed E-state index contributed by atoms with van der Waals surface area (Å²) in [6, 6.07) is 13.5. The molecule has 4 rings (SSSR count). The molecule has 2 aromatic carbocycles. The third-order valence-electron chi connectivity index (χ3n) is 5.40. The molecule has 32 heavy (non-hydrogen) atoms. The molecule has 0 fully saturated rings. The number of primary amides is 1. The van der Waals surface area contributed by atoms with Crippen LogP contribution < -0.4 is 10.5 Å². The summed E-state index contributed by atoms with van der Waals surface area (Å²) in [7, 11) is 0. The van der Waals surface area contributed by atoms with Crippen molar-refractivity contribution in [1.82, 2.24) is 15.0 Å². The predicted molar refractivity (Wildman–Crippen MR) is 119 cm³/mol. The maximum Gasteiger partial charge on any atom is 0.258 e. The van der Waals surface area contributed by atoms with Crippen molar-refractivity contribution in [1.29, 1.82) is 5.26 Å². The van der Waals surface area contributed by atoms with E-state index in [9.17, 15) is 10.1 Å². The molecule has 2 N–H and O–H groups in total. The van der Waals surface area contributed by atoms with Gasteiger partial charge in [-0.25, -0.2) is 0 Å². The maximum absolute atomic E-state index is 11.3. The lowest BCUT2D eigenvalue weighted by Gasteiger charge is -2.17. The molecule has 0 saturated heterocycles. The monoisotopic (exact) mass is 431 g/mol. The molecule has 0 unspecified atom stereocenters. The Bertz CT molecular complexity index is 1180. The second-order valence-electron chi connectivity index (χ2n) is 8.10. The van der Waals surface area contributed by atoms with E-state index in [1.54, 1.807) is 12.1 Å². The molecule has 0 aliphatic carbocycles. The van der Waals surface area contributed by atoms with Crippen molar-refractivity contribution in [3.8, 4) is 34.7 Å². The van der Waals surface area contributed by atoms with Gasteiger partial charge < -0.3 is 15.0 Å². The van der Waals surface area contributed by atoms with Crippen LogP contribution in [0, 0.1) is 11.3 Å². The molecule has 164 valence electrons. The number of fused-ring (bicyclic) bond motifs is 1. The molecule has 0 saturated carbocycles. The molecule has 1 aliphatic heterocycles. The van der Waals surface area contributed by atoms with Crippen LogP contribution in [0.4, 0.5) is 0 Å². The van der Waals surface area contributed by atoms with Crippen LogP contribution in [-0.2, 0) is 17.6 Å². The van der Waals surface area contributed by atoms with E-state index >= 15 is 0 Å². The standard InChI is InChI=1S/C24H25N5O3/c1-15(2)31-21-7-6-17(12-18(21)13-25)24-27-23(28-32-24)20-5-3-4-16-8-10-29(14-22(26)30)11-9-19(16)20/h3-7,12,15H,8-11,14H2,1-2H3,(H2,26,30). The maximum atomic E-state index is 11.3. The average Bonchev–Trinajstić information content (AvgIpc) is 3.16. The van der Waals surface area contributed by atoms with E-state index in [4.69, 9.17) is 15.0 Å². The Morgan fingerprint density at radius 1 is 1.28 bits per heavy atom. The predicted octanol–water partition coefficient (Wildman–Crippen LogP) is 2.95. The van der Waals surface area contributed by atoms with Crippen molar-refractivity contribution in [2.75, 3.05) is 19.6 Å². The molecule has 1 aromatic heterocycles. The van der Waals surface area contributed by atoms with Crippen LogP contribution in [0.5, 0.6) is 5.75 Å². The van der Waals surface area contributed by atoms with Crippen molar-refractivity contribution >= 4 is 5.91 Å². The molecule has 0 bridgehead atoms. The Morgan fingerprint density at radius 2 is 2.09 bits per heavy atom. The van der Waals surface area contributed by atoms with Gasteiger partial charge in [-0.2, -0.15) is 10.2 Å². The van der Waals surface area contributed by atoms with Crippen molar-refractivity contribution in [2.45, 2.75) is 32.8 Å². The number of carbonyl (C=O) groups is 1. The molecule has 8 nitrogen and oxygen atoms in total. The smallest absolute Gasteiger partial charge is 0.258 e. The SMILES string of the molecule is CC(C)Oc1ccc(-c2nc(-c3cccc4c3CCN(CC(N)=O)CC4)no2)cc1C#N. The molecule has 2 heterocycles. The van der Waals surface area contributed by atoms with Gasteiger partial charge in [0.05, 0.1) is 18.2 Å². The number of carbonyl (C=O) groups excluding carboxylic acids is 1.